The number of hydrogen-bond acceptors (Lipinski definition) is 5. The van der Waals surface area contributed by atoms with Crippen molar-refractivity contribution in [1.82, 2.24) is 14.8 Å². The monoisotopic (exact) mass is 490 g/mol. The Bertz CT molecular complexity index is 872. The van der Waals surface area contributed by atoms with E-state index < -0.39 is 0 Å². The maximum atomic E-state index is 12.7. The molecule has 2 saturated heterocycles. The summed E-state index contributed by atoms with van der Waals surface area (Å²) in [5, 5.41) is 5.72. The molecule has 0 radical (unpaired) electrons. The Morgan fingerprint density at radius 3 is 2.47 bits per heavy atom. The van der Waals surface area contributed by atoms with Gasteiger partial charge in [-0.05, 0) is 63.0 Å². The molecule has 2 fully saturated rings. The predicted octanol–water partition coefficient (Wildman–Crippen LogP) is 4.38. The van der Waals surface area contributed by atoms with E-state index in [1.807, 2.05) is 34.5 Å². The van der Waals surface area contributed by atoms with E-state index >= 15 is 0 Å². The molecule has 0 saturated carbocycles. The first-order valence-electron chi connectivity index (χ1n) is 10.6. The first-order valence-corrected chi connectivity index (χ1v) is 12.3. The number of nitrogens with one attached hydrogen (secondary N) is 1. The van der Waals surface area contributed by atoms with Crippen molar-refractivity contribution in [1.29, 1.82) is 0 Å². The number of likely N-dealkylation sites (tertiary alicyclic amines) is 2. The zero-order valence-electron chi connectivity index (χ0n) is 17.0. The fourth-order valence-corrected chi connectivity index (χ4v) is 5.08. The number of rotatable bonds is 5. The van der Waals surface area contributed by atoms with Gasteiger partial charge in [0.15, 0.2) is 5.13 Å². The van der Waals surface area contributed by atoms with Crippen molar-refractivity contribution in [3.05, 3.63) is 45.4 Å². The fraction of sp³-hybridized carbons (Fsp3) is 0.500. The van der Waals surface area contributed by atoms with Crippen molar-refractivity contribution >= 4 is 44.2 Å². The second-order valence-corrected chi connectivity index (χ2v) is 9.82. The second-order valence-electron chi connectivity index (χ2n) is 8.04. The van der Waals surface area contributed by atoms with Gasteiger partial charge in [-0.15, -0.1) is 11.3 Å². The van der Waals surface area contributed by atoms with Gasteiger partial charge in [0.25, 0.3) is 5.91 Å². The third-order valence-corrected chi connectivity index (χ3v) is 7.20. The Morgan fingerprint density at radius 2 is 1.77 bits per heavy atom. The lowest BCUT2D eigenvalue weighted by Crippen LogP contribution is -2.41. The van der Waals surface area contributed by atoms with E-state index in [4.69, 9.17) is 0 Å². The molecule has 0 spiro atoms. The van der Waals surface area contributed by atoms with Crippen LogP contribution < -0.4 is 5.32 Å². The Balaban J connectivity index is 1.25. The zero-order valence-corrected chi connectivity index (χ0v) is 19.4. The molecule has 1 aromatic carbocycles. The van der Waals surface area contributed by atoms with Gasteiger partial charge >= 0.3 is 0 Å². The standard InChI is InChI=1S/C22H27BrN4O2S/c23-18-6-4-17(5-7-18)21(29)27-12-8-16(9-13-27)20(28)25-22-24-19(15-30-22)14-26-10-2-1-3-11-26/h4-7,15-16H,1-3,8-14H2,(H,24,25,28). The number of halogens is 1. The van der Waals surface area contributed by atoms with E-state index in [9.17, 15) is 9.59 Å². The molecule has 4 rings (SSSR count). The van der Waals surface area contributed by atoms with Crippen LogP contribution in [-0.2, 0) is 11.3 Å². The Labute approximate surface area is 189 Å². The fourth-order valence-electron chi connectivity index (χ4n) is 4.11. The highest BCUT2D eigenvalue weighted by molar-refractivity contribution is 9.10. The summed E-state index contributed by atoms with van der Waals surface area (Å²) in [6.45, 7) is 4.34. The van der Waals surface area contributed by atoms with Crippen LogP contribution in [0.1, 0.15) is 48.2 Å². The van der Waals surface area contributed by atoms with Crippen molar-refractivity contribution in [2.75, 3.05) is 31.5 Å². The molecule has 30 heavy (non-hydrogen) atoms. The highest BCUT2D eigenvalue weighted by atomic mass is 79.9. The number of piperidine rings is 2. The summed E-state index contributed by atoms with van der Waals surface area (Å²) in [6, 6.07) is 7.41. The summed E-state index contributed by atoms with van der Waals surface area (Å²) in [5.74, 6) is -0.0262. The van der Waals surface area contributed by atoms with Crippen molar-refractivity contribution < 1.29 is 9.59 Å². The average molecular weight is 491 g/mol. The van der Waals surface area contributed by atoms with Crippen LogP contribution in [0.4, 0.5) is 5.13 Å². The summed E-state index contributed by atoms with van der Waals surface area (Å²) in [7, 11) is 0. The van der Waals surface area contributed by atoms with E-state index in [-0.39, 0.29) is 17.7 Å². The summed E-state index contributed by atoms with van der Waals surface area (Å²) in [4.78, 5) is 34.2. The van der Waals surface area contributed by atoms with Crippen molar-refractivity contribution in [2.24, 2.45) is 5.92 Å². The van der Waals surface area contributed by atoms with Gasteiger partial charge in [-0.3, -0.25) is 14.5 Å². The molecule has 2 aliphatic rings. The number of amides is 2. The summed E-state index contributed by atoms with van der Waals surface area (Å²) in [6.07, 6.45) is 5.20. The number of nitrogens with zero attached hydrogens (tertiary/aromatic N) is 3. The number of thiazole rings is 1. The van der Waals surface area contributed by atoms with E-state index in [0.717, 1.165) is 29.8 Å². The van der Waals surface area contributed by atoms with E-state index in [2.05, 4.69) is 31.1 Å². The molecule has 0 bridgehead atoms. The highest BCUT2D eigenvalue weighted by Crippen LogP contribution is 2.24. The minimum absolute atomic E-state index is 0.0182. The molecular formula is C22H27BrN4O2S. The molecule has 2 amide bonds. The van der Waals surface area contributed by atoms with Gasteiger partial charge in [0.05, 0.1) is 5.69 Å². The van der Waals surface area contributed by atoms with Crippen LogP contribution in [0.5, 0.6) is 0 Å². The molecule has 6 nitrogen and oxygen atoms in total. The summed E-state index contributed by atoms with van der Waals surface area (Å²) < 4.78 is 0.954. The van der Waals surface area contributed by atoms with Crippen LogP contribution in [-0.4, -0.2) is 52.8 Å². The maximum absolute atomic E-state index is 12.7. The van der Waals surface area contributed by atoms with Crippen LogP contribution >= 0.6 is 27.3 Å². The quantitative estimate of drug-likeness (QED) is 0.674. The summed E-state index contributed by atoms with van der Waals surface area (Å²) >= 11 is 4.89. The topological polar surface area (TPSA) is 65.5 Å². The number of aromatic nitrogens is 1. The number of carbonyl (C=O) groups is 2. The first kappa shape index (κ1) is 21.5. The maximum Gasteiger partial charge on any atom is 0.253 e. The molecule has 1 aromatic heterocycles. The van der Waals surface area contributed by atoms with Crippen LogP contribution in [0.2, 0.25) is 0 Å². The van der Waals surface area contributed by atoms with Crippen LogP contribution in [0.25, 0.3) is 0 Å². The normalized spacial score (nSPS) is 18.4. The molecule has 0 aliphatic carbocycles. The minimum Gasteiger partial charge on any atom is -0.339 e. The van der Waals surface area contributed by atoms with Crippen molar-refractivity contribution in [3.63, 3.8) is 0 Å². The molecular weight excluding hydrogens is 464 g/mol. The molecule has 3 heterocycles. The Morgan fingerprint density at radius 1 is 1.07 bits per heavy atom. The van der Waals surface area contributed by atoms with Crippen LogP contribution in [0.3, 0.4) is 0 Å². The molecule has 8 heteroatoms. The molecule has 2 aliphatic heterocycles. The molecule has 2 aromatic rings. The van der Waals surface area contributed by atoms with Crippen molar-refractivity contribution in [3.8, 4) is 0 Å². The lowest BCUT2D eigenvalue weighted by atomic mass is 9.95. The number of anilines is 1. The van der Waals surface area contributed by atoms with Gasteiger partial charge in [-0.2, -0.15) is 0 Å². The van der Waals surface area contributed by atoms with Gasteiger partial charge in [0, 0.05) is 41.0 Å². The SMILES string of the molecule is O=C(Nc1nc(CN2CCCCC2)cs1)C1CCN(C(=O)c2ccc(Br)cc2)CC1. The van der Waals surface area contributed by atoms with Crippen LogP contribution in [0.15, 0.2) is 34.1 Å². The van der Waals surface area contributed by atoms with E-state index in [1.165, 1.54) is 30.6 Å². The molecule has 160 valence electrons. The third kappa shape index (κ3) is 5.47. The average Bonchev–Trinajstić information content (AvgIpc) is 3.21. The smallest absolute Gasteiger partial charge is 0.253 e. The van der Waals surface area contributed by atoms with Gasteiger partial charge in [0.1, 0.15) is 0 Å². The Kier molecular flexibility index (Phi) is 7.17. The second kappa shape index (κ2) is 10.0. The Hall–Kier alpha value is -1.77. The number of carbonyl (C=O) groups excluding carboxylic acids is 2. The minimum atomic E-state index is -0.0755. The van der Waals surface area contributed by atoms with Gasteiger partial charge in [-0.25, -0.2) is 4.98 Å². The van der Waals surface area contributed by atoms with Crippen molar-refractivity contribution in [2.45, 2.75) is 38.6 Å². The van der Waals surface area contributed by atoms with E-state index in [0.29, 0.717) is 36.6 Å². The van der Waals surface area contributed by atoms with Gasteiger partial charge < -0.3 is 10.2 Å². The predicted molar refractivity (Wildman–Crippen MR) is 123 cm³/mol. The third-order valence-electron chi connectivity index (χ3n) is 5.86. The summed E-state index contributed by atoms with van der Waals surface area (Å²) in [5.41, 5.74) is 1.72. The molecule has 1 N–H and O–H groups in total. The number of benzene rings is 1. The van der Waals surface area contributed by atoms with Gasteiger partial charge in [0.2, 0.25) is 5.91 Å². The zero-order chi connectivity index (χ0) is 20.9. The number of hydrogen-bond donors (Lipinski definition) is 1. The lowest BCUT2D eigenvalue weighted by molar-refractivity contribution is -0.121. The molecule has 0 unspecified atom stereocenters. The molecule has 0 atom stereocenters. The van der Waals surface area contributed by atoms with Gasteiger partial charge in [-0.1, -0.05) is 22.4 Å². The van der Waals surface area contributed by atoms with E-state index in [1.54, 1.807) is 0 Å². The largest absolute Gasteiger partial charge is 0.339 e. The van der Waals surface area contributed by atoms with Crippen LogP contribution in [0, 0.1) is 5.92 Å². The highest BCUT2D eigenvalue weighted by Gasteiger charge is 2.28. The lowest BCUT2D eigenvalue weighted by Gasteiger charge is -2.31. The first-order chi connectivity index (χ1) is 14.6.